The standard InChI is InChI=1S/C59H69N7O8/c1-32(67)42(31-53(69)73-3)57(70)65-49-11-7-5-9-40(49)29-51(65)55-60-45-23-21-38(27-47(45)62-55)43-25-34-13-17-36(43)18-14-35-16-20-37(19-15-34)44(26-35)39-22-24-46-48(28-39)63-56(61-46)52-30-41-10-6-8-12-50(41)66(52)58(71)54(33(2)68)64-59(72)74-4/h13,16-17,20-28,32-33,40-42,49-52,54,67-68H,5-12,14-15,18-19,29-31H2,1-4H3,(H,60,62)(H,61,63)(H,64,72)/t32-,33-,40+,41+,42+,49+,50+,51?,52+,54+/m1/s1. The number of imidazole rings is 2. The lowest BCUT2D eigenvalue weighted by Gasteiger charge is -2.36. The van der Waals surface area contributed by atoms with Crippen LogP contribution in [0.4, 0.5) is 4.79 Å². The average Bonchev–Trinajstić information content (AvgIpc) is 4.21. The van der Waals surface area contributed by atoms with Crippen LogP contribution in [0, 0.1) is 17.8 Å². The minimum Gasteiger partial charge on any atom is -0.469 e. The summed E-state index contributed by atoms with van der Waals surface area (Å²) in [6.07, 6.45) is 9.99. The largest absolute Gasteiger partial charge is 0.469 e. The van der Waals surface area contributed by atoms with Crippen molar-refractivity contribution in [3.8, 4) is 22.3 Å². The van der Waals surface area contributed by atoms with Crippen LogP contribution in [0.3, 0.4) is 0 Å². The molecule has 2 saturated heterocycles. The highest BCUT2D eigenvalue weighted by Gasteiger charge is 2.50. The number of hydrogen-bond acceptors (Lipinski definition) is 10. The van der Waals surface area contributed by atoms with E-state index in [-0.39, 0.29) is 42.4 Å². The molecule has 0 radical (unpaired) electrons. The minimum absolute atomic E-state index is 0.000364. The van der Waals surface area contributed by atoms with Crippen molar-refractivity contribution in [2.45, 2.75) is 153 Å². The Kier molecular flexibility index (Phi) is 13.8. The second-order valence-corrected chi connectivity index (χ2v) is 21.9. The minimum atomic E-state index is -1.14. The van der Waals surface area contributed by atoms with Gasteiger partial charge in [-0.3, -0.25) is 14.4 Å². The number of hydrogen-bond donors (Lipinski definition) is 5. The summed E-state index contributed by atoms with van der Waals surface area (Å²) in [7, 11) is 2.56. The molecule has 74 heavy (non-hydrogen) atoms. The normalized spacial score (nSPS) is 24.1. The molecule has 15 heteroatoms. The van der Waals surface area contributed by atoms with Crippen LogP contribution >= 0.6 is 0 Å². The molecule has 3 amide bonds. The van der Waals surface area contributed by atoms with E-state index in [0.29, 0.717) is 11.8 Å². The van der Waals surface area contributed by atoms with Crippen LogP contribution in [-0.4, -0.2) is 108 Å². The first-order valence-corrected chi connectivity index (χ1v) is 27.0. The molecule has 15 nitrogen and oxygen atoms in total. The highest BCUT2D eigenvalue weighted by Crippen LogP contribution is 2.49. The van der Waals surface area contributed by atoms with E-state index in [0.717, 1.165) is 135 Å². The number of likely N-dealkylation sites (tertiary alicyclic amines) is 2. The van der Waals surface area contributed by atoms with Crippen LogP contribution < -0.4 is 5.32 Å². The summed E-state index contributed by atoms with van der Waals surface area (Å²) in [5, 5.41) is 24.0. The smallest absolute Gasteiger partial charge is 0.407 e. The quantitative estimate of drug-likeness (QED) is 0.0780. The lowest BCUT2D eigenvalue weighted by Crippen LogP contribution is -2.55. The summed E-state index contributed by atoms with van der Waals surface area (Å²) in [4.78, 5) is 74.8. The van der Waals surface area contributed by atoms with Crippen molar-refractivity contribution in [2.75, 3.05) is 14.2 Å². The van der Waals surface area contributed by atoms with Crippen LogP contribution in [0.2, 0.25) is 0 Å². The van der Waals surface area contributed by atoms with Crippen molar-refractivity contribution in [3.05, 3.63) is 107 Å². The first kappa shape index (κ1) is 49.6. The zero-order chi connectivity index (χ0) is 51.4. The van der Waals surface area contributed by atoms with Gasteiger partial charge in [0.25, 0.3) is 0 Å². The Hall–Kier alpha value is -6.58. The predicted octanol–water partition coefficient (Wildman–Crippen LogP) is 8.99. The Morgan fingerprint density at radius 3 is 1.61 bits per heavy atom. The summed E-state index contributed by atoms with van der Waals surface area (Å²) in [5.41, 5.74) is 13.1. The molecule has 10 atom stereocenters. The third-order valence-corrected chi connectivity index (χ3v) is 17.4. The monoisotopic (exact) mass is 1000 g/mol. The van der Waals surface area contributed by atoms with Gasteiger partial charge < -0.3 is 44.8 Å². The molecule has 4 heterocycles. The number of carbonyl (C=O) groups is 4. The zero-order valence-electron chi connectivity index (χ0n) is 42.9. The number of alkyl carbamates (subject to hydrolysis) is 1. The number of carbonyl (C=O) groups excluding carboxylic acids is 4. The van der Waals surface area contributed by atoms with Gasteiger partial charge in [0.1, 0.15) is 17.7 Å². The lowest BCUT2D eigenvalue weighted by atomic mass is 9.84. The molecule has 6 aromatic rings. The molecule has 14 rings (SSSR count). The summed E-state index contributed by atoms with van der Waals surface area (Å²) in [5.74, 6) is 0.164. The van der Waals surface area contributed by atoms with E-state index in [1.807, 2.05) is 9.80 Å². The van der Waals surface area contributed by atoms with E-state index in [1.165, 1.54) is 54.5 Å². The molecule has 2 aromatic heterocycles. The number of ether oxygens (including phenoxy) is 2. The number of aromatic nitrogens is 4. The molecular formula is C59H69N7O8. The van der Waals surface area contributed by atoms with Gasteiger partial charge in [-0.2, -0.15) is 0 Å². The van der Waals surface area contributed by atoms with Gasteiger partial charge in [0.2, 0.25) is 11.8 Å². The summed E-state index contributed by atoms with van der Waals surface area (Å²) in [6, 6.07) is 24.9. The molecular weight excluding hydrogens is 935 g/mol. The maximum Gasteiger partial charge on any atom is 0.407 e. The van der Waals surface area contributed by atoms with Crippen LogP contribution in [0.25, 0.3) is 44.3 Å². The number of nitrogens with one attached hydrogen (secondary N) is 3. The summed E-state index contributed by atoms with van der Waals surface area (Å²) in [6.45, 7) is 3.09. The van der Waals surface area contributed by atoms with Gasteiger partial charge in [0.05, 0.1) is 72.9 Å². The molecule has 4 fully saturated rings. The number of H-pyrrole nitrogens is 2. The molecule has 2 saturated carbocycles. The average molecular weight is 1000 g/mol. The predicted molar refractivity (Wildman–Crippen MR) is 281 cm³/mol. The second-order valence-electron chi connectivity index (χ2n) is 21.9. The van der Waals surface area contributed by atoms with Crippen molar-refractivity contribution in [1.82, 2.24) is 35.1 Å². The number of aliphatic hydroxyl groups excluding tert-OH is 2. The second kappa shape index (κ2) is 20.6. The van der Waals surface area contributed by atoms with Crippen LogP contribution in [-0.2, 0) is 49.5 Å². The number of esters is 1. The number of methoxy groups -OCH3 is 2. The van der Waals surface area contributed by atoms with Crippen LogP contribution in [0.1, 0.15) is 130 Å². The molecule has 0 spiro atoms. The van der Waals surface area contributed by atoms with Gasteiger partial charge in [-0.25, -0.2) is 14.8 Å². The van der Waals surface area contributed by atoms with Crippen molar-refractivity contribution in [3.63, 3.8) is 0 Å². The fraction of sp³-hybridized carbons (Fsp3) is 0.492. The number of amides is 3. The molecule has 5 N–H and O–H groups in total. The van der Waals surface area contributed by atoms with E-state index in [1.54, 1.807) is 6.92 Å². The highest BCUT2D eigenvalue weighted by molar-refractivity contribution is 5.89. The lowest BCUT2D eigenvalue weighted by molar-refractivity contribution is -0.151. The van der Waals surface area contributed by atoms with Gasteiger partial charge in [0.15, 0.2) is 0 Å². The van der Waals surface area contributed by atoms with Crippen molar-refractivity contribution in [1.29, 1.82) is 0 Å². The summed E-state index contributed by atoms with van der Waals surface area (Å²) < 4.78 is 9.75. The van der Waals surface area contributed by atoms with Crippen LogP contribution in [0.5, 0.6) is 0 Å². The number of aliphatic hydroxyl groups is 2. The highest BCUT2D eigenvalue weighted by atomic mass is 16.5. The molecule has 6 aliphatic carbocycles. The topological polar surface area (TPSA) is 203 Å². The Labute approximate surface area is 431 Å². The molecule has 1 unspecified atom stereocenters. The number of nitrogens with zero attached hydrogens (tertiary/aromatic N) is 4. The van der Waals surface area contributed by atoms with Crippen molar-refractivity contribution >= 4 is 45.9 Å². The van der Waals surface area contributed by atoms with Gasteiger partial charge in [-0.15, -0.1) is 0 Å². The number of benzene rings is 4. The van der Waals surface area contributed by atoms with E-state index < -0.39 is 36.2 Å². The number of rotatable bonds is 11. The zero-order valence-corrected chi connectivity index (χ0v) is 42.9. The van der Waals surface area contributed by atoms with Gasteiger partial charge in [-0.05, 0) is 159 Å². The van der Waals surface area contributed by atoms with E-state index in [9.17, 15) is 29.4 Å². The molecule has 388 valence electrons. The van der Waals surface area contributed by atoms with Crippen molar-refractivity contribution < 1.29 is 38.9 Å². The first-order valence-electron chi connectivity index (χ1n) is 27.0. The molecule has 4 aromatic carbocycles. The first-order chi connectivity index (χ1) is 35.8. The van der Waals surface area contributed by atoms with E-state index >= 15 is 0 Å². The Morgan fingerprint density at radius 1 is 0.635 bits per heavy atom. The number of aromatic amines is 2. The van der Waals surface area contributed by atoms with Gasteiger partial charge >= 0.3 is 12.1 Å². The van der Waals surface area contributed by atoms with Gasteiger partial charge in [-0.1, -0.05) is 74.2 Å². The fourth-order valence-electron chi connectivity index (χ4n) is 13.5. The maximum atomic E-state index is 14.4. The fourth-order valence-corrected chi connectivity index (χ4v) is 13.5. The Morgan fingerprint density at radius 2 is 1.14 bits per heavy atom. The van der Waals surface area contributed by atoms with E-state index in [4.69, 9.17) is 19.4 Å². The SMILES string of the molecule is COC(=O)C[C@H](C(=O)N1C(c2nc3ccc(-c4cc5ccc4CCc4ccc(c(-c6ccc7nc([C@@H]8C[C@@H]9CCCC[C@@H]9N8C(=O)[C@@H](NC(=O)OC)[C@@H](C)O)[nH]c7c6)c4)CC5)cc3[nH]2)C[C@@H]2CCCC[C@@H]21)[C@@H](C)O. The summed E-state index contributed by atoms with van der Waals surface area (Å²) >= 11 is 0. The Balaban J connectivity index is 0.849. The maximum absolute atomic E-state index is 14.4. The molecule has 4 bridgehead atoms. The number of aryl methyl sites for hydroxylation is 4. The Bertz CT molecular complexity index is 2900. The third kappa shape index (κ3) is 9.46. The van der Waals surface area contributed by atoms with Crippen LogP contribution in [0.15, 0.2) is 72.8 Å². The van der Waals surface area contributed by atoms with Crippen molar-refractivity contribution in [2.24, 2.45) is 17.8 Å². The molecule has 2 aliphatic heterocycles. The van der Waals surface area contributed by atoms with Gasteiger partial charge in [0, 0.05) is 12.1 Å². The van der Waals surface area contributed by atoms with E-state index in [2.05, 4.69) is 88.1 Å². The molecule has 8 aliphatic rings. The number of fused-ring (bicyclic) bond motifs is 4. The third-order valence-electron chi connectivity index (χ3n) is 17.4.